The SMILES string of the molecule is CCOCCCNC(N)=NCc1ccc(Cl)cc1OC. The molecule has 1 aromatic carbocycles. The molecule has 0 radical (unpaired) electrons. The zero-order chi connectivity index (χ0) is 14.8. The molecule has 0 fully saturated rings. The van der Waals surface area contributed by atoms with Crippen LogP contribution in [0.5, 0.6) is 5.75 Å². The maximum Gasteiger partial charge on any atom is 0.188 e. The summed E-state index contributed by atoms with van der Waals surface area (Å²) in [6, 6.07) is 5.45. The molecular weight excluding hydrogens is 278 g/mol. The summed E-state index contributed by atoms with van der Waals surface area (Å²) < 4.78 is 10.5. The van der Waals surface area contributed by atoms with E-state index in [2.05, 4.69) is 10.3 Å². The van der Waals surface area contributed by atoms with E-state index in [0.717, 1.165) is 31.7 Å². The smallest absolute Gasteiger partial charge is 0.188 e. The van der Waals surface area contributed by atoms with Crippen LogP contribution in [0, 0.1) is 0 Å². The van der Waals surface area contributed by atoms with Gasteiger partial charge in [0, 0.05) is 30.3 Å². The van der Waals surface area contributed by atoms with Crippen LogP contribution in [0.4, 0.5) is 0 Å². The number of nitrogens with two attached hydrogens (primary N) is 1. The molecular formula is C14H22ClN3O2. The van der Waals surface area contributed by atoms with Crippen molar-refractivity contribution in [3.8, 4) is 5.75 Å². The minimum atomic E-state index is 0.415. The number of methoxy groups -OCH3 is 1. The second-order valence-corrected chi connectivity index (χ2v) is 4.57. The molecule has 3 N–H and O–H groups in total. The van der Waals surface area contributed by atoms with E-state index in [1.54, 1.807) is 19.2 Å². The number of hydrogen-bond acceptors (Lipinski definition) is 3. The minimum absolute atomic E-state index is 0.415. The molecule has 0 saturated carbocycles. The summed E-state index contributed by atoms with van der Waals surface area (Å²) in [7, 11) is 1.61. The van der Waals surface area contributed by atoms with E-state index < -0.39 is 0 Å². The van der Waals surface area contributed by atoms with E-state index in [-0.39, 0.29) is 0 Å². The Labute approximate surface area is 125 Å². The fourth-order valence-electron chi connectivity index (χ4n) is 1.61. The summed E-state index contributed by atoms with van der Waals surface area (Å²) in [5.74, 6) is 1.13. The number of ether oxygens (including phenoxy) is 2. The lowest BCUT2D eigenvalue weighted by atomic mass is 10.2. The molecule has 5 nitrogen and oxygen atoms in total. The first kappa shape index (κ1) is 16.6. The summed E-state index contributed by atoms with van der Waals surface area (Å²) in [4.78, 5) is 4.27. The van der Waals surface area contributed by atoms with Crippen LogP contribution in [-0.2, 0) is 11.3 Å². The van der Waals surface area contributed by atoms with Gasteiger partial charge in [-0.1, -0.05) is 17.7 Å². The van der Waals surface area contributed by atoms with Crippen molar-refractivity contribution in [1.29, 1.82) is 0 Å². The van der Waals surface area contributed by atoms with Gasteiger partial charge in [-0.3, -0.25) is 0 Å². The van der Waals surface area contributed by atoms with Crippen molar-refractivity contribution in [2.24, 2.45) is 10.7 Å². The number of rotatable bonds is 8. The maximum atomic E-state index is 5.90. The first-order valence-electron chi connectivity index (χ1n) is 6.61. The standard InChI is InChI=1S/C14H22ClN3O2/c1-3-20-8-4-7-17-14(16)18-10-11-5-6-12(15)9-13(11)19-2/h5-6,9H,3-4,7-8,10H2,1-2H3,(H3,16,17,18). The Kier molecular flexibility index (Phi) is 7.84. The topological polar surface area (TPSA) is 68.9 Å². The normalized spacial score (nSPS) is 11.4. The average Bonchev–Trinajstić information content (AvgIpc) is 2.45. The number of nitrogens with zero attached hydrogens (tertiary/aromatic N) is 1. The van der Waals surface area contributed by atoms with E-state index in [9.17, 15) is 0 Å². The molecule has 0 aliphatic heterocycles. The van der Waals surface area contributed by atoms with Crippen LogP contribution in [0.25, 0.3) is 0 Å². The van der Waals surface area contributed by atoms with Crippen LogP contribution in [0.1, 0.15) is 18.9 Å². The molecule has 0 bridgehead atoms. The molecule has 0 heterocycles. The first-order chi connectivity index (χ1) is 9.67. The van der Waals surface area contributed by atoms with Gasteiger partial charge in [0.25, 0.3) is 0 Å². The second kappa shape index (κ2) is 9.44. The van der Waals surface area contributed by atoms with Crippen LogP contribution in [0.2, 0.25) is 5.02 Å². The van der Waals surface area contributed by atoms with Crippen molar-refractivity contribution in [2.75, 3.05) is 26.9 Å². The van der Waals surface area contributed by atoms with Crippen LogP contribution in [-0.4, -0.2) is 32.8 Å². The molecule has 0 spiro atoms. The van der Waals surface area contributed by atoms with Crippen LogP contribution < -0.4 is 15.8 Å². The number of guanidine groups is 1. The first-order valence-corrected chi connectivity index (χ1v) is 6.99. The highest BCUT2D eigenvalue weighted by atomic mass is 35.5. The van der Waals surface area contributed by atoms with E-state index in [1.165, 1.54) is 0 Å². The van der Waals surface area contributed by atoms with Crippen LogP contribution >= 0.6 is 11.6 Å². The molecule has 0 unspecified atom stereocenters. The lowest BCUT2D eigenvalue weighted by Crippen LogP contribution is -2.32. The number of hydrogen-bond donors (Lipinski definition) is 2. The molecule has 0 aromatic heterocycles. The van der Waals surface area contributed by atoms with Gasteiger partial charge in [0.05, 0.1) is 13.7 Å². The maximum absolute atomic E-state index is 5.90. The molecule has 0 aliphatic carbocycles. The molecule has 20 heavy (non-hydrogen) atoms. The fraction of sp³-hybridized carbons (Fsp3) is 0.500. The molecule has 0 saturated heterocycles. The highest BCUT2D eigenvalue weighted by Crippen LogP contribution is 2.23. The number of aliphatic imine (C=N–C) groups is 1. The van der Waals surface area contributed by atoms with Gasteiger partial charge >= 0.3 is 0 Å². The van der Waals surface area contributed by atoms with Gasteiger partial charge < -0.3 is 20.5 Å². The quantitative estimate of drug-likeness (QED) is 0.438. The van der Waals surface area contributed by atoms with E-state index in [0.29, 0.717) is 23.3 Å². The average molecular weight is 300 g/mol. The molecule has 112 valence electrons. The van der Waals surface area contributed by atoms with Gasteiger partial charge in [0.15, 0.2) is 5.96 Å². The molecule has 1 rings (SSSR count). The molecule has 0 atom stereocenters. The fourth-order valence-corrected chi connectivity index (χ4v) is 1.77. The summed E-state index contributed by atoms with van der Waals surface area (Å²) in [5.41, 5.74) is 6.73. The Morgan fingerprint density at radius 3 is 2.95 bits per heavy atom. The van der Waals surface area contributed by atoms with Gasteiger partial charge in [0.1, 0.15) is 5.75 Å². The summed E-state index contributed by atoms with van der Waals surface area (Å²) in [6.07, 6.45) is 0.897. The zero-order valence-electron chi connectivity index (χ0n) is 12.0. The Morgan fingerprint density at radius 1 is 1.45 bits per heavy atom. The number of halogens is 1. The summed E-state index contributed by atoms with van der Waals surface area (Å²) in [6.45, 7) is 4.63. The summed E-state index contributed by atoms with van der Waals surface area (Å²) >= 11 is 5.90. The second-order valence-electron chi connectivity index (χ2n) is 4.13. The van der Waals surface area contributed by atoms with Gasteiger partial charge in [0.2, 0.25) is 0 Å². The Balaban J connectivity index is 2.42. The monoisotopic (exact) mass is 299 g/mol. The van der Waals surface area contributed by atoms with Gasteiger partial charge in [-0.05, 0) is 25.5 Å². The van der Waals surface area contributed by atoms with Gasteiger partial charge in [-0.25, -0.2) is 4.99 Å². The molecule has 6 heteroatoms. The highest BCUT2D eigenvalue weighted by molar-refractivity contribution is 6.30. The Hall–Kier alpha value is -1.46. The Bertz CT molecular complexity index is 438. The van der Waals surface area contributed by atoms with E-state index >= 15 is 0 Å². The third kappa shape index (κ3) is 6.12. The highest BCUT2D eigenvalue weighted by Gasteiger charge is 2.03. The van der Waals surface area contributed by atoms with Crippen molar-refractivity contribution < 1.29 is 9.47 Å². The van der Waals surface area contributed by atoms with Crippen molar-refractivity contribution in [3.05, 3.63) is 28.8 Å². The van der Waals surface area contributed by atoms with Crippen molar-refractivity contribution >= 4 is 17.6 Å². The lowest BCUT2D eigenvalue weighted by Gasteiger charge is -2.08. The van der Waals surface area contributed by atoms with Crippen LogP contribution in [0.15, 0.2) is 23.2 Å². The third-order valence-corrected chi connectivity index (χ3v) is 2.88. The van der Waals surface area contributed by atoms with Crippen LogP contribution in [0.3, 0.4) is 0 Å². The predicted octanol–water partition coefficient (Wildman–Crippen LogP) is 2.18. The van der Waals surface area contributed by atoms with Gasteiger partial charge in [-0.15, -0.1) is 0 Å². The van der Waals surface area contributed by atoms with E-state index in [4.69, 9.17) is 26.8 Å². The van der Waals surface area contributed by atoms with Crippen molar-refractivity contribution in [3.63, 3.8) is 0 Å². The largest absolute Gasteiger partial charge is 0.496 e. The van der Waals surface area contributed by atoms with Crippen molar-refractivity contribution in [2.45, 2.75) is 19.9 Å². The lowest BCUT2D eigenvalue weighted by molar-refractivity contribution is 0.145. The zero-order valence-corrected chi connectivity index (χ0v) is 12.7. The van der Waals surface area contributed by atoms with Crippen molar-refractivity contribution in [1.82, 2.24) is 5.32 Å². The molecule has 1 aromatic rings. The van der Waals surface area contributed by atoms with E-state index in [1.807, 2.05) is 13.0 Å². The third-order valence-electron chi connectivity index (χ3n) is 2.64. The summed E-state index contributed by atoms with van der Waals surface area (Å²) in [5, 5.41) is 3.68. The molecule has 0 amide bonds. The molecule has 0 aliphatic rings. The number of nitrogens with one attached hydrogen (secondary N) is 1. The Morgan fingerprint density at radius 2 is 2.25 bits per heavy atom. The minimum Gasteiger partial charge on any atom is -0.496 e. The van der Waals surface area contributed by atoms with Gasteiger partial charge in [-0.2, -0.15) is 0 Å². The predicted molar refractivity (Wildman–Crippen MR) is 82.4 cm³/mol. The number of benzene rings is 1.